The van der Waals surface area contributed by atoms with Crippen LogP contribution in [0, 0.1) is 6.92 Å². The van der Waals surface area contributed by atoms with Crippen LogP contribution in [0.2, 0.25) is 0 Å². The zero-order valence-electron chi connectivity index (χ0n) is 11.4. The van der Waals surface area contributed by atoms with Crippen LogP contribution in [0.1, 0.15) is 32.4 Å². The van der Waals surface area contributed by atoms with Crippen LogP contribution < -0.4 is 10.2 Å². The first-order chi connectivity index (χ1) is 8.50. The van der Waals surface area contributed by atoms with Crippen molar-refractivity contribution < 1.29 is 5.11 Å². The van der Waals surface area contributed by atoms with E-state index >= 15 is 0 Å². The van der Waals surface area contributed by atoms with Crippen LogP contribution in [0.4, 0.5) is 11.8 Å². The van der Waals surface area contributed by atoms with E-state index in [4.69, 9.17) is 0 Å². The van der Waals surface area contributed by atoms with Crippen LogP contribution in [0.5, 0.6) is 0 Å². The third kappa shape index (κ3) is 3.10. The van der Waals surface area contributed by atoms with Crippen LogP contribution in [0.3, 0.4) is 0 Å². The van der Waals surface area contributed by atoms with Crippen LogP contribution in [-0.2, 0) is 0 Å². The summed E-state index contributed by atoms with van der Waals surface area (Å²) in [7, 11) is 0. The number of aliphatic hydroxyl groups is 1. The van der Waals surface area contributed by atoms with E-state index in [0.29, 0.717) is 12.5 Å². The van der Waals surface area contributed by atoms with E-state index in [1.54, 1.807) is 0 Å². The van der Waals surface area contributed by atoms with E-state index in [1.165, 1.54) is 0 Å². The smallest absolute Gasteiger partial charge is 0.224 e. The van der Waals surface area contributed by atoms with Crippen molar-refractivity contribution >= 4 is 11.8 Å². The third-order valence-electron chi connectivity index (χ3n) is 3.17. The predicted octanol–water partition coefficient (Wildman–Crippen LogP) is 1.57. The first kappa shape index (κ1) is 13.1. The number of aromatic nitrogens is 2. The molecule has 1 aliphatic rings. The van der Waals surface area contributed by atoms with Gasteiger partial charge >= 0.3 is 0 Å². The molecule has 1 aromatic heterocycles. The summed E-state index contributed by atoms with van der Waals surface area (Å²) in [5.41, 5.74) is 0.330. The average molecular weight is 250 g/mol. The first-order valence-electron chi connectivity index (χ1n) is 6.57. The molecule has 0 amide bonds. The van der Waals surface area contributed by atoms with Crippen molar-refractivity contribution in [1.29, 1.82) is 0 Å². The van der Waals surface area contributed by atoms with Gasteiger partial charge in [0.15, 0.2) is 0 Å². The summed E-state index contributed by atoms with van der Waals surface area (Å²) in [6, 6.07) is 1.97. The number of piperidine rings is 1. The lowest BCUT2D eigenvalue weighted by Crippen LogP contribution is -2.46. The molecule has 5 nitrogen and oxygen atoms in total. The van der Waals surface area contributed by atoms with Crippen LogP contribution in [0.25, 0.3) is 0 Å². The second-order valence-electron chi connectivity index (χ2n) is 5.24. The number of aryl methyl sites for hydroxylation is 1. The summed E-state index contributed by atoms with van der Waals surface area (Å²) in [4.78, 5) is 11.0. The van der Waals surface area contributed by atoms with Gasteiger partial charge in [-0.2, -0.15) is 4.98 Å². The molecule has 0 aliphatic carbocycles. The maximum absolute atomic E-state index is 10.1. The van der Waals surface area contributed by atoms with Gasteiger partial charge in [0.1, 0.15) is 5.82 Å². The SMILES string of the molecule is CCNc1nc(C)cc(N2CCCC(C)(O)C2)n1. The minimum atomic E-state index is -0.616. The third-order valence-corrected chi connectivity index (χ3v) is 3.17. The number of rotatable bonds is 3. The molecule has 1 fully saturated rings. The molecule has 1 aliphatic heterocycles. The highest BCUT2D eigenvalue weighted by atomic mass is 16.3. The zero-order chi connectivity index (χ0) is 13.2. The molecule has 1 unspecified atom stereocenters. The summed E-state index contributed by atoms with van der Waals surface area (Å²) >= 11 is 0. The fourth-order valence-corrected chi connectivity index (χ4v) is 2.37. The molecule has 18 heavy (non-hydrogen) atoms. The highest BCUT2D eigenvalue weighted by Crippen LogP contribution is 2.25. The monoisotopic (exact) mass is 250 g/mol. The lowest BCUT2D eigenvalue weighted by atomic mass is 9.95. The molecule has 1 aromatic rings. The summed E-state index contributed by atoms with van der Waals surface area (Å²) in [5, 5.41) is 13.3. The maximum atomic E-state index is 10.1. The highest BCUT2D eigenvalue weighted by molar-refractivity contribution is 5.45. The lowest BCUT2D eigenvalue weighted by molar-refractivity contribution is 0.0447. The Balaban J connectivity index is 2.21. The molecule has 100 valence electrons. The summed E-state index contributed by atoms with van der Waals surface area (Å²) < 4.78 is 0. The molecule has 2 heterocycles. The van der Waals surface area contributed by atoms with Gasteiger partial charge in [0.05, 0.1) is 5.60 Å². The van der Waals surface area contributed by atoms with Crippen molar-refractivity contribution in [3.05, 3.63) is 11.8 Å². The van der Waals surface area contributed by atoms with Crippen LogP contribution in [0.15, 0.2) is 6.07 Å². The van der Waals surface area contributed by atoms with Gasteiger partial charge in [-0.15, -0.1) is 0 Å². The Morgan fingerprint density at radius 2 is 2.28 bits per heavy atom. The standard InChI is InChI=1S/C13H22N4O/c1-4-14-12-15-10(2)8-11(16-12)17-7-5-6-13(3,18)9-17/h8,18H,4-7,9H2,1-3H3,(H,14,15,16). The summed E-state index contributed by atoms with van der Waals surface area (Å²) in [5.74, 6) is 1.57. The molecule has 0 bridgehead atoms. The fourth-order valence-electron chi connectivity index (χ4n) is 2.37. The largest absolute Gasteiger partial charge is 0.388 e. The Morgan fingerprint density at radius 1 is 1.50 bits per heavy atom. The molecule has 0 radical (unpaired) electrons. The van der Waals surface area contributed by atoms with E-state index in [2.05, 4.69) is 20.2 Å². The minimum absolute atomic E-state index is 0.616. The molecule has 2 rings (SSSR count). The van der Waals surface area contributed by atoms with Crippen molar-refractivity contribution in [3.63, 3.8) is 0 Å². The molecule has 1 saturated heterocycles. The van der Waals surface area contributed by atoms with Gasteiger partial charge in [-0.05, 0) is 33.6 Å². The predicted molar refractivity (Wildman–Crippen MR) is 73.0 cm³/mol. The topological polar surface area (TPSA) is 61.3 Å². The fraction of sp³-hybridized carbons (Fsp3) is 0.692. The number of hydrogen-bond donors (Lipinski definition) is 2. The number of β-amino-alcohol motifs (C(OH)–C–C–N with tert-alkyl or cyclic N) is 1. The summed E-state index contributed by atoms with van der Waals surface area (Å²) in [6.45, 7) is 8.26. The Morgan fingerprint density at radius 3 is 2.94 bits per heavy atom. The van der Waals surface area contributed by atoms with E-state index in [9.17, 15) is 5.11 Å². The lowest BCUT2D eigenvalue weighted by Gasteiger charge is -2.37. The molecular weight excluding hydrogens is 228 g/mol. The highest BCUT2D eigenvalue weighted by Gasteiger charge is 2.29. The molecule has 0 spiro atoms. The molecule has 5 heteroatoms. The maximum Gasteiger partial charge on any atom is 0.224 e. The van der Waals surface area contributed by atoms with Gasteiger partial charge < -0.3 is 15.3 Å². The zero-order valence-corrected chi connectivity index (χ0v) is 11.4. The first-order valence-corrected chi connectivity index (χ1v) is 6.57. The Bertz CT molecular complexity index is 419. The minimum Gasteiger partial charge on any atom is -0.388 e. The Kier molecular flexibility index (Phi) is 3.71. The molecular formula is C13H22N4O. The van der Waals surface area contributed by atoms with Gasteiger partial charge in [0.25, 0.3) is 0 Å². The van der Waals surface area contributed by atoms with Crippen molar-refractivity contribution in [1.82, 2.24) is 9.97 Å². The van der Waals surface area contributed by atoms with Gasteiger partial charge in [0, 0.05) is 31.4 Å². The number of hydrogen-bond acceptors (Lipinski definition) is 5. The second kappa shape index (κ2) is 5.10. The van der Waals surface area contributed by atoms with E-state index in [1.807, 2.05) is 26.8 Å². The Labute approximate surface area is 108 Å². The van der Waals surface area contributed by atoms with E-state index in [0.717, 1.165) is 37.4 Å². The van der Waals surface area contributed by atoms with Gasteiger partial charge in [-0.3, -0.25) is 0 Å². The number of nitrogens with zero attached hydrogens (tertiary/aromatic N) is 3. The molecule has 1 atom stereocenters. The normalized spacial score (nSPS) is 24.1. The van der Waals surface area contributed by atoms with Gasteiger partial charge in [-0.25, -0.2) is 4.98 Å². The Hall–Kier alpha value is -1.36. The van der Waals surface area contributed by atoms with Crippen LogP contribution in [-0.4, -0.2) is 40.3 Å². The number of nitrogens with one attached hydrogen (secondary N) is 1. The van der Waals surface area contributed by atoms with Crippen molar-refractivity contribution in [3.8, 4) is 0 Å². The van der Waals surface area contributed by atoms with Crippen molar-refractivity contribution in [2.45, 2.75) is 39.2 Å². The average Bonchev–Trinajstić information content (AvgIpc) is 2.27. The second-order valence-corrected chi connectivity index (χ2v) is 5.24. The van der Waals surface area contributed by atoms with Gasteiger partial charge in [-0.1, -0.05) is 0 Å². The molecule has 2 N–H and O–H groups in total. The van der Waals surface area contributed by atoms with Gasteiger partial charge in [0.2, 0.25) is 5.95 Å². The van der Waals surface area contributed by atoms with Crippen molar-refractivity contribution in [2.24, 2.45) is 0 Å². The summed E-state index contributed by atoms with van der Waals surface area (Å²) in [6.07, 6.45) is 1.85. The van der Waals surface area contributed by atoms with Crippen molar-refractivity contribution in [2.75, 3.05) is 29.9 Å². The quantitative estimate of drug-likeness (QED) is 0.852. The van der Waals surface area contributed by atoms with Crippen LogP contribution >= 0.6 is 0 Å². The molecule has 0 saturated carbocycles. The van der Waals surface area contributed by atoms with E-state index < -0.39 is 5.60 Å². The molecule has 0 aromatic carbocycles. The van der Waals surface area contributed by atoms with E-state index in [-0.39, 0.29) is 0 Å². The number of anilines is 2.